The molecule has 108 valence electrons. The van der Waals surface area contributed by atoms with Gasteiger partial charge >= 0.3 is 0 Å². The monoisotopic (exact) mass is 281 g/mol. The second-order valence-electron chi connectivity index (χ2n) is 4.93. The standard InChI is InChI=1S/C17H19N3O/c1-3-13-10-11-15(21-13)16-14(4-2)17(18)20(19-16)12-8-6-5-7-9-12/h5-11H,3-4,18H2,1-2H3. The Labute approximate surface area is 124 Å². The maximum absolute atomic E-state index is 6.28. The molecule has 0 amide bonds. The summed E-state index contributed by atoms with van der Waals surface area (Å²) < 4.78 is 7.61. The van der Waals surface area contributed by atoms with E-state index in [0.29, 0.717) is 5.82 Å². The highest BCUT2D eigenvalue weighted by Gasteiger charge is 2.19. The van der Waals surface area contributed by atoms with Gasteiger partial charge in [0, 0.05) is 12.0 Å². The van der Waals surface area contributed by atoms with Crippen LogP contribution in [-0.4, -0.2) is 9.78 Å². The number of nitrogens with two attached hydrogens (primary N) is 1. The Kier molecular flexibility index (Phi) is 3.52. The fourth-order valence-electron chi connectivity index (χ4n) is 2.47. The van der Waals surface area contributed by atoms with Crippen LogP contribution >= 0.6 is 0 Å². The molecule has 4 nitrogen and oxygen atoms in total. The molecule has 21 heavy (non-hydrogen) atoms. The zero-order valence-electron chi connectivity index (χ0n) is 12.3. The van der Waals surface area contributed by atoms with E-state index in [2.05, 4.69) is 18.9 Å². The van der Waals surface area contributed by atoms with E-state index >= 15 is 0 Å². The summed E-state index contributed by atoms with van der Waals surface area (Å²) in [5, 5.41) is 4.67. The van der Waals surface area contributed by atoms with Gasteiger partial charge in [0.1, 0.15) is 17.3 Å². The molecule has 0 aliphatic heterocycles. The molecule has 2 N–H and O–H groups in total. The fraction of sp³-hybridized carbons (Fsp3) is 0.235. The number of nitrogens with zero attached hydrogens (tertiary/aromatic N) is 2. The summed E-state index contributed by atoms with van der Waals surface area (Å²) in [6.45, 7) is 4.15. The lowest BCUT2D eigenvalue weighted by atomic mass is 10.1. The van der Waals surface area contributed by atoms with E-state index in [-0.39, 0.29) is 0 Å². The summed E-state index contributed by atoms with van der Waals surface area (Å²) >= 11 is 0. The summed E-state index contributed by atoms with van der Waals surface area (Å²) in [5.41, 5.74) is 9.09. The molecule has 2 aromatic heterocycles. The van der Waals surface area contributed by atoms with Crippen molar-refractivity contribution < 1.29 is 4.42 Å². The number of aromatic nitrogens is 2. The van der Waals surface area contributed by atoms with Gasteiger partial charge in [-0.15, -0.1) is 0 Å². The Hall–Kier alpha value is -2.49. The molecule has 1 aromatic carbocycles. The highest BCUT2D eigenvalue weighted by Crippen LogP contribution is 2.30. The van der Waals surface area contributed by atoms with Gasteiger partial charge in [0.05, 0.1) is 5.69 Å². The smallest absolute Gasteiger partial charge is 0.154 e. The largest absolute Gasteiger partial charge is 0.459 e. The number of benzene rings is 1. The van der Waals surface area contributed by atoms with E-state index in [9.17, 15) is 0 Å². The maximum atomic E-state index is 6.28. The van der Waals surface area contributed by atoms with Crippen molar-refractivity contribution in [2.45, 2.75) is 26.7 Å². The summed E-state index contributed by atoms with van der Waals surface area (Å²) in [7, 11) is 0. The molecule has 3 rings (SSSR count). The Morgan fingerprint density at radius 3 is 2.43 bits per heavy atom. The minimum Gasteiger partial charge on any atom is -0.459 e. The minimum atomic E-state index is 0.674. The molecular weight excluding hydrogens is 262 g/mol. The lowest BCUT2D eigenvalue weighted by Gasteiger charge is -2.03. The van der Waals surface area contributed by atoms with E-state index in [0.717, 1.165) is 41.3 Å². The van der Waals surface area contributed by atoms with Gasteiger partial charge in [-0.1, -0.05) is 32.0 Å². The van der Waals surface area contributed by atoms with Crippen molar-refractivity contribution in [3.05, 3.63) is 53.8 Å². The number of para-hydroxylation sites is 1. The zero-order valence-corrected chi connectivity index (χ0v) is 12.3. The lowest BCUT2D eigenvalue weighted by molar-refractivity contribution is 0.526. The molecule has 0 unspecified atom stereocenters. The second kappa shape index (κ2) is 5.48. The van der Waals surface area contributed by atoms with Gasteiger partial charge in [-0.05, 0) is 30.7 Å². The molecule has 0 aliphatic rings. The first kappa shape index (κ1) is 13.5. The molecule has 0 bridgehead atoms. The van der Waals surface area contributed by atoms with Crippen molar-refractivity contribution in [2.75, 3.05) is 5.73 Å². The first-order valence-electron chi connectivity index (χ1n) is 7.26. The SMILES string of the molecule is CCc1ccc(-c2nn(-c3ccccc3)c(N)c2CC)o1. The fourth-order valence-corrected chi connectivity index (χ4v) is 2.47. The van der Waals surface area contributed by atoms with Crippen molar-refractivity contribution in [2.24, 2.45) is 0 Å². The molecule has 0 spiro atoms. The number of aryl methyl sites for hydroxylation is 1. The van der Waals surface area contributed by atoms with Gasteiger partial charge < -0.3 is 10.2 Å². The minimum absolute atomic E-state index is 0.674. The zero-order chi connectivity index (χ0) is 14.8. The van der Waals surface area contributed by atoms with Crippen LogP contribution in [-0.2, 0) is 12.8 Å². The van der Waals surface area contributed by atoms with Crippen LogP contribution in [0.2, 0.25) is 0 Å². The Morgan fingerprint density at radius 1 is 1.05 bits per heavy atom. The average Bonchev–Trinajstić information content (AvgIpc) is 3.12. The van der Waals surface area contributed by atoms with Crippen LogP contribution in [0.5, 0.6) is 0 Å². The second-order valence-corrected chi connectivity index (χ2v) is 4.93. The average molecular weight is 281 g/mol. The number of nitrogen functional groups attached to an aromatic ring is 1. The van der Waals surface area contributed by atoms with Crippen molar-refractivity contribution in [1.82, 2.24) is 9.78 Å². The van der Waals surface area contributed by atoms with E-state index < -0.39 is 0 Å². The van der Waals surface area contributed by atoms with Crippen molar-refractivity contribution >= 4 is 5.82 Å². The summed E-state index contributed by atoms with van der Waals surface area (Å²) in [5.74, 6) is 2.41. The van der Waals surface area contributed by atoms with Gasteiger partial charge in [-0.25, -0.2) is 4.68 Å². The van der Waals surface area contributed by atoms with E-state index in [4.69, 9.17) is 10.2 Å². The van der Waals surface area contributed by atoms with Crippen molar-refractivity contribution in [3.63, 3.8) is 0 Å². The van der Waals surface area contributed by atoms with E-state index in [1.807, 2.05) is 42.5 Å². The van der Waals surface area contributed by atoms with Crippen molar-refractivity contribution in [3.8, 4) is 17.1 Å². The third-order valence-corrected chi connectivity index (χ3v) is 3.62. The first-order chi connectivity index (χ1) is 10.2. The molecule has 3 aromatic rings. The molecule has 0 atom stereocenters. The quantitative estimate of drug-likeness (QED) is 0.790. The van der Waals surface area contributed by atoms with E-state index in [1.165, 1.54) is 0 Å². The summed E-state index contributed by atoms with van der Waals surface area (Å²) in [4.78, 5) is 0. The number of furan rings is 1. The predicted octanol–water partition coefficient (Wildman–Crippen LogP) is 3.84. The highest BCUT2D eigenvalue weighted by atomic mass is 16.3. The van der Waals surface area contributed by atoms with Gasteiger partial charge in [-0.2, -0.15) is 5.10 Å². The third kappa shape index (κ3) is 2.33. The van der Waals surface area contributed by atoms with Crippen molar-refractivity contribution in [1.29, 1.82) is 0 Å². The Balaban J connectivity index is 2.13. The maximum Gasteiger partial charge on any atom is 0.154 e. The topological polar surface area (TPSA) is 57.0 Å². The molecule has 4 heteroatoms. The molecule has 0 fully saturated rings. The number of rotatable bonds is 4. The van der Waals surface area contributed by atoms with Crippen LogP contribution in [0.1, 0.15) is 25.2 Å². The molecule has 0 aliphatic carbocycles. The first-order valence-corrected chi connectivity index (χ1v) is 7.26. The van der Waals surface area contributed by atoms with Gasteiger partial charge in [-0.3, -0.25) is 0 Å². The molecule has 0 saturated heterocycles. The van der Waals surface area contributed by atoms with E-state index in [1.54, 1.807) is 4.68 Å². The van der Waals surface area contributed by atoms with Gasteiger partial charge in [0.15, 0.2) is 5.76 Å². The van der Waals surface area contributed by atoms with Crippen LogP contribution in [0.25, 0.3) is 17.1 Å². The Morgan fingerprint density at radius 2 is 1.81 bits per heavy atom. The highest BCUT2D eigenvalue weighted by molar-refractivity contribution is 5.66. The van der Waals surface area contributed by atoms with Crippen LogP contribution in [0.15, 0.2) is 46.9 Å². The number of hydrogen-bond acceptors (Lipinski definition) is 3. The molecule has 2 heterocycles. The van der Waals surface area contributed by atoms with Gasteiger partial charge in [0.25, 0.3) is 0 Å². The van der Waals surface area contributed by atoms with Crippen LogP contribution in [0, 0.1) is 0 Å². The number of anilines is 1. The van der Waals surface area contributed by atoms with Gasteiger partial charge in [0.2, 0.25) is 0 Å². The lowest BCUT2D eigenvalue weighted by Crippen LogP contribution is -2.02. The molecular formula is C17H19N3O. The van der Waals surface area contributed by atoms with Crippen LogP contribution in [0.3, 0.4) is 0 Å². The summed E-state index contributed by atoms with van der Waals surface area (Å²) in [6, 6.07) is 13.9. The molecule has 0 radical (unpaired) electrons. The predicted molar refractivity (Wildman–Crippen MR) is 84.4 cm³/mol. The van der Waals surface area contributed by atoms with Crippen LogP contribution < -0.4 is 5.73 Å². The summed E-state index contributed by atoms with van der Waals surface area (Å²) in [6.07, 6.45) is 1.69. The number of hydrogen-bond donors (Lipinski definition) is 1. The third-order valence-electron chi connectivity index (χ3n) is 3.62. The normalized spacial score (nSPS) is 11.0. The molecule has 0 saturated carbocycles. The Bertz CT molecular complexity index is 741. The van der Waals surface area contributed by atoms with Crippen LogP contribution in [0.4, 0.5) is 5.82 Å².